The van der Waals surface area contributed by atoms with Crippen molar-refractivity contribution in [3.8, 4) is 0 Å². The summed E-state index contributed by atoms with van der Waals surface area (Å²) < 4.78 is 15.2. The van der Waals surface area contributed by atoms with Gasteiger partial charge >= 0.3 is 5.97 Å². The molecule has 0 aromatic carbocycles. The fourth-order valence-corrected chi connectivity index (χ4v) is 1.09. The molecule has 1 heterocycles. The molecule has 78 valence electrons. The van der Waals surface area contributed by atoms with E-state index < -0.39 is 0 Å². The molecule has 0 aliphatic carbocycles. The second-order valence-electron chi connectivity index (χ2n) is 2.73. The maximum absolute atomic E-state index is 11.4. The Labute approximate surface area is 83.1 Å². The molecular formula is C10H14O4. The summed E-state index contributed by atoms with van der Waals surface area (Å²) in [5, 5.41) is 0. The summed E-state index contributed by atoms with van der Waals surface area (Å²) in [6, 6.07) is 0. The molecule has 0 aromatic heterocycles. The summed E-state index contributed by atoms with van der Waals surface area (Å²) in [4.78, 5) is 11.4. The Morgan fingerprint density at radius 1 is 1.71 bits per heavy atom. The molecular weight excluding hydrogens is 184 g/mol. The lowest BCUT2D eigenvalue weighted by Gasteiger charge is -2.08. The summed E-state index contributed by atoms with van der Waals surface area (Å²) in [6.07, 6.45) is 2.73. The lowest BCUT2D eigenvalue weighted by Crippen LogP contribution is -2.11. The molecule has 1 unspecified atom stereocenters. The minimum absolute atomic E-state index is 0.339. The number of rotatable bonds is 3. The van der Waals surface area contributed by atoms with E-state index in [0.29, 0.717) is 17.9 Å². The molecule has 4 nitrogen and oxygen atoms in total. The standard InChI is InChI=1S/C10H14O4/c1-4-8(10(11)12-5-2)9-6-13-7(3)14-9/h4,6-7H,5H2,1-3H3/b8-4+. The molecule has 0 fully saturated rings. The molecule has 0 saturated carbocycles. The zero-order chi connectivity index (χ0) is 10.6. The predicted octanol–water partition coefficient (Wildman–Crippen LogP) is 1.73. The highest BCUT2D eigenvalue weighted by atomic mass is 16.7. The summed E-state index contributed by atoms with van der Waals surface area (Å²) in [7, 11) is 0. The van der Waals surface area contributed by atoms with Gasteiger partial charge in [0.05, 0.1) is 6.61 Å². The molecule has 1 atom stereocenters. The van der Waals surface area contributed by atoms with E-state index >= 15 is 0 Å². The first kappa shape index (κ1) is 10.6. The topological polar surface area (TPSA) is 44.8 Å². The van der Waals surface area contributed by atoms with Gasteiger partial charge in [0.25, 0.3) is 0 Å². The Morgan fingerprint density at radius 3 is 2.86 bits per heavy atom. The predicted molar refractivity (Wildman–Crippen MR) is 50.1 cm³/mol. The fraction of sp³-hybridized carbons (Fsp3) is 0.500. The van der Waals surface area contributed by atoms with Crippen molar-refractivity contribution in [1.29, 1.82) is 0 Å². The lowest BCUT2D eigenvalue weighted by atomic mass is 10.2. The van der Waals surface area contributed by atoms with E-state index in [1.807, 2.05) is 0 Å². The fourth-order valence-electron chi connectivity index (χ4n) is 1.09. The van der Waals surface area contributed by atoms with Crippen LogP contribution < -0.4 is 0 Å². The number of carbonyl (C=O) groups is 1. The molecule has 0 N–H and O–H groups in total. The quantitative estimate of drug-likeness (QED) is 0.511. The van der Waals surface area contributed by atoms with E-state index in [0.717, 1.165) is 0 Å². The number of esters is 1. The normalized spacial score (nSPS) is 20.9. The second-order valence-corrected chi connectivity index (χ2v) is 2.73. The van der Waals surface area contributed by atoms with Crippen LogP contribution in [0.15, 0.2) is 23.7 Å². The summed E-state index contributed by atoms with van der Waals surface area (Å²) in [5.41, 5.74) is 0.399. The summed E-state index contributed by atoms with van der Waals surface area (Å²) in [6.45, 7) is 5.61. The van der Waals surface area contributed by atoms with Crippen LogP contribution in [0.3, 0.4) is 0 Å². The highest BCUT2D eigenvalue weighted by molar-refractivity contribution is 5.92. The minimum Gasteiger partial charge on any atom is -0.462 e. The molecule has 0 aromatic rings. The first-order valence-corrected chi connectivity index (χ1v) is 4.55. The third kappa shape index (κ3) is 2.28. The highest BCUT2D eigenvalue weighted by Crippen LogP contribution is 2.21. The average Bonchev–Trinajstić information content (AvgIpc) is 2.54. The van der Waals surface area contributed by atoms with Crippen LogP contribution in [0.2, 0.25) is 0 Å². The van der Waals surface area contributed by atoms with Gasteiger partial charge in [0.15, 0.2) is 5.76 Å². The molecule has 0 spiro atoms. The minimum atomic E-state index is -0.390. The van der Waals surface area contributed by atoms with Crippen LogP contribution in [0.1, 0.15) is 20.8 Å². The maximum atomic E-state index is 11.4. The second kappa shape index (κ2) is 4.69. The third-order valence-electron chi connectivity index (χ3n) is 1.71. The summed E-state index contributed by atoms with van der Waals surface area (Å²) in [5.74, 6) is 0.0393. The van der Waals surface area contributed by atoms with Crippen LogP contribution in [0.5, 0.6) is 0 Å². The zero-order valence-corrected chi connectivity index (χ0v) is 8.57. The number of hydrogen-bond acceptors (Lipinski definition) is 4. The van der Waals surface area contributed by atoms with E-state index in [1.165, 1.54) is 6.26 Å². The Hall–Kier alpha value is -1.45. The van der Waals surface area contributed by atoms with Gasteiger partial charge in [-0.2, -0.15) is 0 Å². The molecule has 0 radical (unpaired) electrons. The molecule has 0 bridgehead atoms. The van der Waals surface area contributed by atoms with Gasteiger partial charge in [0.2, 0.25) is 6.29 Å². The number of ether oxygens (including phenoxy) is 3. The van der Waals surface area contributed by atoms with Crippen LogP contribution in [0.25, 0.3) is 0 Å². The monoisotopic (exact) mass is 198 g/mol. The molecule has 1 aliphatic rings. The van der Waals surface area contributed by atoms with Crippen molar-refractivity contribution in [1.82, 2.24) is 0 Å². The Bertz CT molecular complexity index is 278. The van der Waals surface area contributed by atoms with Crippen molar-refractivity contribution < 1.29 is 19.0 Å². The van der Waals surface area contributed by atoms with Crippen molar-refractivity contribution >= 4 is 5.97 Å². The van der Waals surface area contributed by atoms with Crippen molar-refractivity contribution in [3.05, 3.63) is 23.7 Å². The number of allylic oxidation sites excluding steroid dienone is 1. The van der Waals surface area contributed by atoms with Crippen LogP contribution in [0.4, 0.5) is 0 Å². The first-order chi connectivity index (χ1) is 6.69. The van der Waals surface area contributed by atoms with Crippen LogP contribution in [0, 0.1) is 0 Å². The largest absolute Gasteiger partial charge is 0.462 e. The van der Waals surface area contributed by atoms with Gasteiger partial charge in [0.1, 0.15) is 11.8 Å². The molecule has 4 heteroatoms. The van der Waals surface area contributed by atoms with E-state index in [-0.39, 0.29) is 12.3 Å². The molecule has 0 amide bonds. The average molecular weight is 198 g/mol. The third-order valence-corrected chi connectivity index (χ3v) is 1.71. The zero-order valence-electron chi connectivity index (χ0n) is 8.57. The molecule has 1 rings (SSSR count). The van der Waals surface area contributed by atoms with Crippen LogP contribution in [-0.2, 0) is 19.0 Å². The van der Waals surface area contributed by atoms with Crippen LogP contribution >= 0.6 is 0 Å². The van der Waals surface area contributed by atoms with Gasteiger partial charge in [-0.1, -0.05) is 6.08 Å². The van der Waals surface area contributed by atoms with Crippen molar-refractivity contribution in [2.45, 2.75) is 27.1 Å². The van der Waals surface area contributed by atoms with Gasteiger partial charge in [-0.05, 0) is 13.8 Å². The first-order valence-electron chi connectivity index (χ1n) is 4.55. The molecule has 1 aliphatic heterocycles. The summed E-state index contributed by atoms with van der Waals surface area (Å²) >= 11 is 0. The van der Waals surface area contributed by atoms with Crippen molar-refractivity contribution in [2.75, 3.05) is 6.61 Å². The van der Waals surface area contributed by atoms with Gasteiger partial charge in [-0.3, -0.25) is 0 Å². The maximum Gasteiger partial charge on any atom is 0.341 e. The number of carbonyl (C=O) groups excluding carboxylic acids is 1. The van der Waals surface area contributed by atoms with Gasteiger partial charge in [-0.25, -0.2) is 4.79 Å². The SMILES string of the molecule is C/C=C(/C(=O)OCC)C1=COC(C)O1. The Balaban J connectivity index is 2.69. The van der Waals surface area contributed by atoms with Crippen LogP contribution in [-0.4, -0.2) is 18.9 Å². The van der Waals surface area contributed by atoms with Crippen molar-refractivity contribution in [2.24, 2.45) is 0 Å². The molecule has 14 heavy (non-hydrogen) atoms. The van der Waals surface area contributed by atoms with E-state index in [2.05, 4.69) is 0 Å². The lowest BCUT2D eigenvalue weighted by molar-refractivity contribution is -0.138. The Kier molecular flexibility index (Phi) is 3.56. The van der Waals surface area contributed by atoms with Crippen molar-refractivity contribution in [3.63, 3.8) is 0 Å². The molecule has 0 saturated heterocycles. The van der Waals surface area contributed by atoms with E-state index in [4.69, 9.17) is 14.2 Å². The Morgan fingerprint density at radius 2 is 2.43 bits per heavy atom. The highest BCUT2D eigenvalue weighted by Gasteiger charge is 2.23. The van der Waals surface area contributed by atoms with Gasteiger partial charge in [0, 0.05) is 6.92 Å². The smallest absolute Gasteiger partial charge is 0.341 e. The van der Waals surface area contributed by atoms with Gasteiger partial charge < -0.3 is 14.2 Å². The van der Waals surface area contributed by atoms with E-state index in [9.17, 15) is 4.79 Å². The van der Waals surface area contributed by atoms with E-state index in [1.54, 1.807) is 26.8 Å². The van der Waals surface area contributed by atoms with Gasteiger partial charge in [-0.15, -0.1) is 0 Å². The number of hydrogen-bond donors (Lipinski definition) is 0.